The Morgan fingerprint density at radius 1 is 0.333 bits per heavy atom. The van der Waals surface area contributed by atoms with E-state index in [4.69, 9.17) is 4.74 Å². The van der Waals surface area contributed by atoms with Crippen LogP contribution in [0, 0.1) is 13.8 Å². The number of unbranched alkanes of at least 4 members (excludes halogenated alkanes) is 17. The molecule has 0 atom stereocenters. The topological polar surface area (TPSA) is 9.23 Å². The van der Waals surface area contributed by atoms with E-state index in [1.54, 1.807) is 0 Å². The van der Waals surface area contributed by atoms with Gasteiger partial charge in [0.1, 0.15) is 0 Å². The lowest BCUT2D eigenvalue weighted by Crippen LogP contribution is -1.97. The highest BCUT2D eigenvalue weighted by Gasteiger charge is 1.95. The van der Waals surface area contributed by atoms with Gasteiger partial charge in [-0.3, -0.25) is 0 Å². The molecule has 144 valence electrons. The van der Waals surface area contributed by atoms with Crippen LogP contribution in [0.3, 0.4) is 0 Å². The lowest BCUT2D eigenvalue weighted by atomic mass is 10.0. The SMILES string of the molecule is [CH2]CCCCCCCCCCCCCCCCOCCCCC[CH2]. The standard InChI is InChI=1S/C23H46O/c1-3-5-7-9-10-11-12-13-14-15-16-17-18-19-21-23-24-22-20-8-6-4-2/h1-23H2. The zero-order valence-corrected chi connectivity index (χ0v) is 16.7. The second kappa shape index (κ2) is 23.0. The third-order valence-corrected chi connectivity index (χ3v) is 4.83. The minimum atomic E-state index is 0.954. The molecule has 0 unspecified atom stereocenters. The van der Waals surface area contributed by atoms with E-state index in [2.05, 4.69) is 13.8 Å². The van der Waals surface area contributed by atoms with Crippen LogP contribution < -0.4 is 0 Å². The Labute approximate surface area is 154 Å². The highest BCUT2D eigenvalue weighted by atomic mass is 16.5. The molecule has 0 bridgehead atoms. The van der Waals surface area contributed by atoms with Crippen LogP contribution in [0.15, 0.2) is 0 Å². The summed E-state index contributed by atoms with van der Waals surface area (Å²) in [5, 5.41) is 0. The number of ether oxygens (including phenoxy) is 1. The smallest absolute Gasteiger partial charge is 0.0466 e. The molecule has 0 saturated carbocycles. The van der Waals surface area contributed by atoms with E-state index in [1.165, 1.54) is 109 Å². The third-order valence-electron chi connectivity index (χ3n) is 4.83. The van der Waals surface area contributed by atoms with Crippen LogP contribution in [0.5, 0.6) is 0 Å². The third kappa shape index (κ3) is 22.0. The minimum absolute atomic E-state index is 0.954. The predicted molar refractivity (Wildman–Crippen MR) is 109 cm³/mol. The first kappa shape index (κ1) is 24.0. The molecule has 0 rings (SSSR count). The number of hydrogen-bond acceptors (Lipinski definition) is 1. The zero-order valence-electron chi connectivity index (χ0n) is 16.7. The first-order valence-corrected chi connectivity index (χ1v) is 11.1. The van der Waals surface area contributed by atoms with Crippen LogP contribution in [0.1, 0.15) is 122 Å². The normalized spacial score (nSPS) is 11.2. The van der Waals surface area contributed by atoms with E-state index in [9.17, 15) is 0 Å². The summed E-state index contributed by atoms with van der Waals surface area (Å²) < 4.78 is 5.67. The molecule has 0 aliphatic carbocycles. The summed E-state index contributed by atoms with van der Waals surface area (Å²) >= 11 is 0. The van der Waals surface area contributed by atoms with Crippen molar-refractivity contribution in [1.82, 2.24) is 0 Å². The molecular formula is C23H46O. The van der Waals surface area contributed by atoms with E-state index in [0.717, 1.165) is 26.1 Å². The highest BCUT2D eigenvalue weighted by molar-refractivity contribution is 4.50. The predicted octanol–water partition coefficient (Wildman–Crippen LogP) is 8.08. The molecule has 0 fully saturated rings. The van der Waals surface area contributed by atoms with Gasteiger partial charge in [0.25, 0.3) is 0 Å². The number of hydrogen-bond donors (Lipinski definition) is 0. The van der Waals surface area contributed by atoms with Crippen molar-refractivity contribution in [3.63, 3.8) is 0 Å². The lowest BCUT2D eigenvalue weighted by Gasteiger charge is -2.05. The van der Waals surface area contributed by atoms with Crippen molar-refractivity contribution in [2.75, 3.05) is 13.2 Å². The van der Waals surface area contributed by atoms with Crippen molar-refractivity contribution < 1.29 is 4.74 Å². The van der Waals surface area contributed by atoms with Crippen LogP contribution in [0.25, 0.3) is 0 Å². The van der Waals surface area contributed by atoms with Crippen LogP contribution >= 0.6 is 0 Å². The van der Waals surface area contributed by atoms with Crippen molar-refractivity contribution in [2.24, 2.45) is 0 Å². The molecule has 1 heteroatoms. The van der Waals surface area contributed by atoms with Gasteiger partial charge in [0.05, 0.1) is 0 Å². The summed E-state index contributed by atoms with van der Waals surface area (Å²) in [5.41, 5.74) is 0. The zero-order chi connectivity index (χ0) is 17.6. The summed E-state index contributed by atoms with van der Waals surface area (Å²) in [6.07, 6.45) is 25.6. The van der Waals surface area contributed by atoms with Gasteiger partial charge < -0.3 is 4.74 Å². The van der Waals surface area contributed by atoms with Crippen molar-refractivity contribution in [3.8, 4) is 0 Å². The van der Waals surface area contributed by atoms with E-state index in [0.29, 0.717) is 0 Å². The van der Waals surface area contributed by atoms with Crippen molar-refractivity contribution in [2.45, 2.75) is 122 Å². The minimum Gasteiger partial charge on any atom is -0.381 e. The van der Waals surface area contributed by atoms with E-state index in [1.807, 2.05) is 0 Å². The molecule has 0 amide bonds. The molecule has 1 nitrogen and oxygen atoms in total. The molecule has 0 aliphatic rings. The Morgan fingerprint density at radius 3 is 0.917 bits per heavy atom. The van der Waals surface area contributed by atoms with E-state index >= 15 is 0 Å². The maximum absolute atomic E-state index is 5.67. The molecule has 0 spiro atoms. The first-order valence-electron chi connectivity index (χ1n) is 11.1. The maximum Gasteiger partial charge on any atom is 0.0466 e. The van der Waals surface area contributed by atoms with Gasteiger partial charge in [0.2, 0.25) is 0 Å². The molecule has 2 radical (unpaired) electrons. The molecular weight excluding hydrogens is 292 g/mol. The summed E-state index contributed by atoms with van der Waals surface area (Å²) in [6, 6.07) is 0. The van der Waals surface area contributed by atoms with Gasteiger partial charge in [-0.05, 0) is 12.8 Å². The fourth-order valence-electron chi connectivity index (χ4n) is 3.16. The second-order valence-corrected chi connectivity index (χ2v) is 7.33. The fourth-order valence-corrected chi connectivity index (χ4v) is 3.16. The van der Waals surface area contributed by atoms with Gasteiger partial charge in [0.15, 0.2) is 0 Å². The fraction of sp³-hybridized carbons (Fsp3) is 0.913. The Balaban J connectivity index is 2.93. The summed E-state index contributed by atoms with van der Waals surface area (Å²) in [5.74, 6) is 0. The van der Waals surface area contributed by atoms with Gasteiger partial charge in [-0.15, -0.1) is 0 Å². The average molecular weight is 339 g/mol. The Kier molecular flexibility index (Phi) is 22.9. The molecule has 0 aromatic rings. The molecule has 24 heavy (non-hydrogen) atoms. The van der Waals surface area contributed by atoms with Gasteiger partial charge in [-0.25, -0.2) is 0 Å². The molecule has 0 N–H and O–H groups in total. The second-order valence-electron chi connectivity index (χ2n) is 7.33. The molecule has 0 saturated heterocycles. The maximum atomic E-state index is 5.67. The Bertz CT molecular complexity index is 180. The summed E-state index contributed by atoms with van der Waals surface area (Å²) in [7, 11) is 0. The molecule has 0 heterocycles. The van der Waals surface area contributed by atoms with Gasteiger partial charge in [-0.2, -0.15) is 0 Å². The van der Waals surface area contributed by atoms with Crippen LogP contribution in [-0.2, 0) is 4.74 Å². The van der Waals surface area contributed by atoms with Crippen LogP contribution in [0.2, 0.25) is 0 Å². The first-order chi connectivity index (χ1) is 11.9. The highest BCUT2D eigenvalue weighted by Crippen LogP contribution is 2.13. The van der Waals surface area contributed by atoms with Crippen LogP contribution in [0.4, 0.5) is 0 Å². The molecule has 0 aliphatic heterocycles. The van der Waals surface area contributed by atoms with Gasteiger partial charge >= 0.3 is 0 Å². The van der Waals surface area contributed by atoms with E-state index in [-0.39, 0.29) is 0 Å². The van der Waals surface area contributed by atoms with E-state index < -0.39 is 0 Å². The van der Waals surface area contributed by atoms with Crippen molar-refractivity contribution in [1.29, 1.82) is 0 Å². The monoisotopic (exact) mass is 338 g/mol. The van der Waals surface area contributed by atoms with Crippen LogP contribution in [-0.4, -0.2) is 13.2 Å². The van der Waals surface area contributed by atoms with Gasteiger partial charge in [0, 0.05) is 13.2 Å². The molecule has 0 aromatic heterocycles. The quantitative estimate of drug-likeness (QED) is 0.192. The average Bonchev–Trinajstić information content (AvgIpc) is 2.60. The number of rotatable bonds is 21. The Hall–Kier alpha value is -0.0400. The molecule has 0 aromatic carbocycles. The summed E-state index contributed by atoms with van der Waals surface area (Å²) in [6.45, 7) is 9.69. The lowest BCUT2D eigenvalue weighted by molar-refractivity contribution is 0.126. The van der Waals surface area contributed by atoms with Crippen molar-refractivity contribution >= 4 is 0 Å². The largest absolute Gasteiger partial charge is 0.381 e. The van der Waals surface area contributed by atoms with Crippen molar-refractivity contribution in [3.05, 3.63) is 13.8 Å². The van der Waals surface area contributed by atoms with Gasteiger partial charge in [-0.1, -0.05) is 123 Å². The Morgan fingerprint density at radius 2 is 0.583 bits per heavy atom. The summed E-state index contributed by atoms with van der Waals surface area (Å²) in [4.78, 5) is 0.